The molecule has 0 bridgehead atoms. The van der Waals surface area contributed by atoms with Gasteiger partial charge in [0, 0.05) is 51.7 Å². The number of urea groups is 1. The highest BCUT2D eigenvalue weighted by molar-refractivity contribution is 5.88. The Labute approximate surface area is 142 Å². The predicted octanol–water partition coefficient (Wildman–Crippen LogP) is 1.80. The molecule has 1 atom stereocenters. The van der Waals surface area contributed by atoms with E-state index in [0.29, 0.717) is 5.92 Å². The number of likely N-dealkylation sites (tertiary alicyclic amines) is 1. The average Bonchev–Trinajstić information content (AvgIpc) is 3.18. The van der Waals surface area contributed by atoms with Crippen LogP contribution in [0.5, 0.6) is 0 Å². The number of anilines is 1. The SMILES string of the molecule is CN(Cc1cccnc1)C[C@@H]1CCN(C(=O)Nc2ccnn2C)C1. The molecule has 0 saturated carbocycles. The van der Waals surface area contributed by atoms with Crippen LogP contribution in [0.25, 0.3) is 0 Å². The lowest BCUT2D eigenvalue weighted by Gasteiger charge is -2.21. The Kier molecular flexibility index (Phi) is 5.10. The van der Waals surface area contributed by atoms with Crippen molar-refractivity contribution >= 4 is 11.8 Å². The molecular weight excluding hydrogens is 304 g/mol. The van der Waals surface area contributed by atoms with Crippen molar-refractivity contribution in [1.29, 1.82) is 0 Å². The molecule has 24 heavy (non-hydrogen) atoms. The van der Waals surface area contributed by atoms with E-state index >= 15 is 0 Å². The fourth-order valence-corrected chi connectivity index (χ4v) is 3.16. The number of nitrogens with one attached hydrogen (secondary N) is 1. The maximum absolute atomic E-state index is 12.3. The van der Waals surface area contributed by atoms with E-state index in [-0.39, 0.29) is 6.03 Å². The summed E-state index contributed by atoms with van der Waals surface area (Å²) in [6.07, 6.45) is 6.41. The lowest BCUT2D eigenvalue weighted by Crippen LogP contribution is -2.35. The van der Waals surface area contributed by atoms with Crippen molar-refractivity contribution in [2.75, 3.05) is 32.0 Å². The number of pyridine rings is 1. The molecule has 2 aromatic heterocycles. The van der Waals surface area contributed by atoms with Gasteiger partial charge in [-0.3, -0.25) is 15.0 Å². The van der Waals surface area contributed by atoms with Gasteiger partial charge in [0.2, 0.25) is 0 Å². The fraction of sp³-hybridized carbons (Fsp3) is 0.471. The van der Waals surface area contributed by atoms with Crippen LogP contribution < -0.4 is 5.32 Å². The number of hydrogen-bond acceptors (Lipinski definition) is 4. The van der Waals surface area contributed by atoms with Gasteiger partial charge in [-0.05, 0) is 31.0 Å². The van der Waals surface area contributed by atoms with E-state index < -0.39 is 0 Å². The summed E-state index contributed by atoms with van der Waals surface area (Å²) in [6, 6.07) is 5.80. The second-order valence-corrected chi connectivity index (χ2v) is 6.43. The molecule has 128 valence electrons. The first-order valence-electron chi connectivity index (χ1n) is 8.23. The monoisotopic (exact) mass is 328 g/mol. The minimum atomic E-state index is -0.0454. The number of aromatic nitrogens is 3. The summed E-state index contributed by atoms with van der Waals surface area (Å²) in [5.41, 5.74) is 1.21. The third-order valence-electron chi connectivity index (χ3n) is 4.37. The molecule has 7 heteroatoms. The van der Waals surface area contributed by atoms with Gasteiger partial charge in [-0.2, -0.15) is 5.10 Å². The van der Waals surface area contributed by atoms with E-state index in [2.05, 4.69) is 33.4 Å². The molecule has 3 heterocycles. The fourth-order valence-electron chi connectivity index (χ4n) is 3.16. The minimum absolute atomic E-state index is 0.0454. The molecule has 1 saturated heterocycles. The Morgan fingerprint density at radius 3 is 3.00 bits per heavy atom. The third-order valence-corrected chi connectivity index (χ3v) is 4.37. The summed E-state index contributed by atoms with van der Waals surface area (Å²) in [7, 11) is 3.93. The zero-order chi connectivity index (χ0) is 16.9. The van der Waals surface area contributed by atoms with Crippen molar-refractivity contribution in [3.8, 4) is 0 Å². The molecule has 3 rings (SSSR count). The molecule has 1 aliphatic rings. The normalized spacial score (nSPS) is 17.5. The Hall–Kier alpha value is -2.41. The molecule has 1 aliphatic heterocycles. The van der Waals surface area contributed by atoms with Gasteiger partial charge in [0.1, 0.15) is 5.82 Å². The molecule has 2 aromatic rings. The summed E-state index contributed by atoms with van der Waals surface area (Å²) in [5.74, 6) is 1.22. The van der Waals surface area contributed by atoms with Gasteiger partial charge in [-0.15, -0.1) is 0 Å². The highest BCUT2D eigenvalue weighted by atomic mass is 16.2. The van der Waals surface area contributed by atoms with E-state index in [1.165, 1.54) is 5.56 Å². The predicted molar refractivity (Wildman–Crippen MR) is 92.5 cm³/mol. The molecular formula is C17H24N6O. The van der Waals surface area contributed by atoms with Crippen LogP contribution in [0.1, 0.15) is 12.0 Å². The number of nitrogens with zero attached hydrogens (tertiary/aromatic N) is 5. The third kappa shape index (κ3) is 4.11. The standard InChI is InChI=1S/C17H24N6O/c1-21(11-14-4-3-7-18-10-14)12-15-6-9-23(13-15)17(24)20-16-5-8-19-22(16)2/h3-5,7-8,10,15H,6,9,11-13H2,1-2H3,(H,20,24)/t15-/m0/s1. The number of amides is 2. The molecule has 1 N–H and O–H groups in total. The van der Waals surface area contributed by atoms with E-state index in [1.807, 2.05) is 24.2 Å². The second-order valence-electron chi connectivity index (χ2n) is 6.43. The van der Waals surface area contributed by atoms with Gasteiger partial charge >= 0.3 is 6.03 Å². The van der Waals surface area contributed by atoms with Crippen LogP contribution in [0, 0.1) is 5.92 Å². The van der Waals surface area contributed by atoms with E-state index in [1.54, 1.807) is 23.1 Å². The maximum Gasteiger partial charge on any atom is 0.323 e. The molecule has 7 nitrogen and oxygen atoms in total. The van der Waals surface area contributed by atoms with Gasteiger partial charge in [0.05, 0.1) is 6.20 Å². The van der Waals surface area contributed by atoms with Crippen LogP contribution in [-0.4, -0.2) is 57.3 Å². The van der Waals surface area contributed by atoms with Gasteiger partial charge in [-0.1, -0.05) is 6.07 Å². The lowest BCUT2D eigenvalue weighted by molar-refractivity contribution is 0.216. The highest BCUT2D eigenvalue weighted by Crippen LogP contribution is 2.19. The second kappa shape index (κ2) is 7.44. The van der Waals surface area contributed by atoms with E-state index in [4.69, 9.17) is 0 Å². The number of aryl methyl sites for hydroxylation is 1. The number of hydrogen-bond donors (Lipinski definition) is 1. The largest absolute Gasteiger partial charge is 0.324 e. The van der Waals surface area contributed by atoms with Gasteiger partial charge in [0.25, 0.3) is 0 Å². The molecule has 0 aliphatic carbocycles. The van der Waals surface area contributed by atoms with Crippen LogP contribution in [0.2, 0.25) is 0 Å². The first-order chi connectivity index (χ1) is 11.6. The Bertz CT molecular complexity index is 671. The number of carbonyl (C=O) groups is 1. The quantitative estimate of drug-likeness (QED) is 0.909. The summed E-state index contributed by atoms with van der Waals surface area (Å²) in [5, 5.41) is 6.97. The molecule has 0 spiro atoms. The maximum atomic E-state index is 12.3. The van der Waals surface area contributed by atoms with Crippen LogP contribution in [0.15, 0.2) is 36.8 Å². The zero-order valence-corrected chi connectivity index (χ0v) is 14.2. The van der Waals surface area contributed by atoms with E-state index in [0.717, 1.165) is 38.4 Å². The van der Waals surface area contributed by atoms with Crippen molar-refractivity contribution in [3.05, 3.63) is 42.4 Å². The van der Waals surface area contributed by atoms with Gasteiger partial charge in [0.15, 0.2) is 0 Å². The van der Waals surface area contributed by atoms with Gasteiger partial charge in [-0.25, -0.2) is 4.79 Å². The zero-order valence-electron chi connectivity index (χ0n) is 14.2. The summed E-state index contributed by atoms with van der Waals surface area (Å²) in [4.78, 5) is 20.7. The Morgan fingerprint density at radius 1 is 1.42 bits per heavy atom. The molecule has 1 fully saturated rings. The number of rotatable bonds is 5. The van der Waals surface area contributed by atoms with Crippen molar-refractivity contribution in [2.24, 2.45) is 13.0 Å². The topological polar surface area (TPSA) is 66.3 Å². The molecule has 2 amide bonds. The number of carbonyl (C=O) groups excluding carboxylic acids is 1. The van der Waals surface area contributed by atoms with Crippen LogP contribution in [0.3, 0.4) is 0 Å². The minimum Gasteiger partial charge on any atom is -0.324 e. The van der Waals surface area contributed by atoms with Crippen molar-refractivity contribution < 1.29 is 4.79 Å². The Balaban J connectivity index is 1.46. The molecule has 0 aromatic carbocycles. The summed E-state index contributed by atoms with van der Waals surface area (Å²) < 4.78 is 1.66. The van der Waals surface area contributed by atoms with Gasteiger partial charge < -0.3 is 9.80 Å². The van der Waals surface area contributed by atoms with Crippen LogP contribution >= 0.6 is 0 Å². The average molecular weight is 328 g/mol. The van der Waals surface area contributed by atoms with Crippen molar-refractivity contribution in [2.45, 2.75) is 13.0 Å². The van der Waals surface area contributed by atoms with E-state index in [9.17, 15) is 4.79 Å². The molecule has 0 unspecified atom stereocenters. The first kappa shape index (κ1) is 16.4. The summed E-state index contributed by atoms with van der Waals surface area (Å²) >= 11 is 0. The lowest BCUT2D eigenvalue weighted by atomic mass is 10.1. The first-order valence-corrected chi connectivity index (χ1v) is 8.23. The van der Waals surface area contributed by atoms with Crippen molar-refractivity contribution in [3.63, 3.8) is 0 Å². The smallest absolute Gasteiger partial charge is 0.323 e. The Morgan fingerprint density at radius 2 is 2.29 bits per heavy atom. The highest BCUT2D eigenvalue weighted by Gasteiger charge is 2.27. The van der Waals surface area contributed by atoms with Crippen LogP contribution in [0.4, 0.5) is 10.6 Å². The summed E-state index contributed by atoms with van der Waals surface area (Å²) in [6.45, 7) is 3.45. The molecule has 0 radical (unpaired) electrons. The van der Waals surface area contributed by atoms with Crippen molar-refractivity contribution in [1.82, 2.24) is 24.6 Å². The van der Waals surface area contributed by atoms with Crippen LogP contribution in [-0.2, 0) is 13.6 Å².